The summed E-state index contributed by atoms with van der Waals surface area (Å²) in [6.45, 7) is 7.55. The maximum Gasteiger partial charge on any atom is 0.151 e. The van der Waals surface area contributed by atoms with E-state index in [4.69, 9.17) is 5.73 Å². The average Bonchev–Trinajstić information content (AvgIpc) is 2.69. The van der Waals surface area contributed by atoms with Crippen molar-refractivity contribution in [3.05, 3.63) is 0 Å². The highest BCUT2D eigenvalue weighted by molar-refractivity contribution is 7.91. The number of hydrogen-bond acceptors (Lipinski definition) is 4. The standard InChI is InChI=1S/C15H30N2O2S/c1-12-9-14(2,3)6-7-15(12,11-16)17(4)13-5-8-20(18,19)10-13/h12-13H,5-11,16H2,1-4H3. The van der Waals surface area contributed by atoms with Crippen LogP contribution in [0, 0.1) is 11.3 Å². The number of nitrogens with zero attached hydrogens (tertiary/aromatic N) is 1. The van der Waals surface area contributed by atoms with E-state index in [9.17, 15) is 8.42 Å². The summed E-state index contributed by atoms with van der Waals surface area (Å²) in [4.78, 5) is 2.32. The molecular formula is C15H30N2O2S. The van der Waals surface area contributed by atoms with Crippen LogP contribution >= 0.6 is 0 Å². The Hall–Kier alpha value is -0.130. The van der Waals surface area contributed by atoms with E-state index in [-0.39, 0.29) is 11.6 Å². The van der Waals surface area contributed by atoms with Crippen molar-refractivity contribution >= 4 is 9.84 Å². The second kappa shape index (κ2) is 5.25. The van der Waals surface area contributed by atoms with Crippen molar-refractivity contribution < 1.29 is 8.42 Å². The summed E-state index contributed by atoms with van der Waals surface area (Å²) in [7, 11) is -0.746. The molecule has 2 aliphatic rings. The number of likely N-dealkylation sites (N-methyl/N-ethyl adjacent to an activating group) is 1. The number of hydrogen-bond donors (Lipinski definition) is 1. The largest absolute Gasteiger partial charge is 0.329 e. The maximum absolute atomic E-state index is 11.7. The van der Waals surface area contributed by atoms with E-state index in [1.165, 1.54) is 6.42 Å². The van der Waals surface area contributed by atoms with Crippen LogP contribution in [0.1, 0.15) is 46.5 Å². The van der Waals surface area contributed by atoms with Crippen LogP contribution in [0.4, 0.5) is 0 Å². The Labute approximate surface area is 124 Å². The molecule has 3 atom stereocenters. The lowest BCUT2D eigenvalue weighted by molar-refractivity contribution is -0.0251. The number of rotatable bonds is 3. The summed E-state index contributed by atoms with van der Waals surface area (Å²) < 4.78 is 23.5. The summed E-state index contributed by atoms with van der Waals surface area (Å²) in [5.41, 5.74) is 6.51. The van der Waals surface area contributed by atoms with Crippen molar-refractivity contribution in [2.75, 3.05) is 25.1 Å². The van der Waals surface area contributed by atoms with Gasteiger partial charge in [0, 0.05) is 18.1 Å². The zero-order valence-electron chi connectivity index (χ0n) is 13.4. The molecule has 0 radical (unpaired) electrons. The molecule has 118 valence electrons. The molecule has 1 saturated heterocycles. The van der Waals surface area contributed by atoms with Gasteiger partial charge < -0.3 is 5.73 Å². The lowest BCUT2D eigenvalue weighted by atomic mass is 9.63. The number of nitrogens with two attached hydrogens (primary N) is 1. The molecule has 0 aromatic heterocycles. The SMILES string of the molecule is CC1CC(C)(C)CCC1(CN)N(C)C1CCS(=O)(=O)C1. The third-order valence-electron chi connectivity index (χ3n) is 5.82. The summed E-state index contributed by atoms with van der Waals surface area (Å²) in [6, 6.07) is 0.146. The van der Waals surface area contributed by atoms with Crippen LogP contribution in [0.25, 0.3) is 0 Å². The Morgan fingerprint density at radius 2 is 1.95 bits per heavy atom. The molecule has 1 saturated carbocycles. The molecule has 2 rings (SSSR count). The molecule has 0 amide bonds. The fraction of sp³-hybridized carbons (Fsp3) is 1.00. The lowest BCUT2D eigenvalue weighted by Crippen LogP contribution is -2.62. The van der Waals surface area contributed by atoms with Gasteiger partial charge in [-0.2, -0.15) is 0 Å². The third kappa shape index (κ3) is 2.90. The van der Waals surface area contributed by atoms with Gasteiger partial charge in [0.25, 0.3) is 0 Å². The first-order valence-electron chi connectivity index (χ1n) is 7.75. The monoisotopic (exact) mass is 302 g/mol. The van der Waals surface area contributed by atoms with Gasteiger partial charge in [-0.1, -0.05) is 20.8 Å². The molecule has 1 aliphatic heterocycles. The van der Waals surface area contributed by atoms with Crippen molar-refractivity contribution in [3.8, 4) is 0 Å². The van der Waals surface area contributed by atoms with Gasteiger partial charge in [-0.15, -0.1) is 0 Å². The summed E-state index contributed by atoms with van der Waals surface area (Å²) in [6.07, 6.45) is 4.16. The summed E-state index contributed by atoms with van der Waals surface area (Å²) in [5, 5.41) is 0. The molecule has 0 bridgehead atoms. The van der Waals surface area contributed by atoms with Crippen LogP contribution in [-0.2, 0) is 9.84 Å². The Balaban J connectivity index is 2.19. The molecule has 2 N–H and O–H groups in total. The minimum Gasteiger partial charge on any atom is -0.329 e. The molecule has 0 aromatic carbocycles. The lowest BCUT2D eigenvalue weighted by Gasteiger charge is -2.54. The van der Waals surface area contributed by atoms with Gasteiger partial charge in [-0.3, -0.25) is 4.90 Å². The minimum atomic E-state index is -2.84. The molecule has 0 spiro atoms. The highest BCUT2D eigenvalue weighted by atomic mass is 32.2. The Morgan fingerprint density at radius 1 is 1.30 bits per heavy atom. The van der Waals surface area contributed by atoms with Crippen LogP contribution in [-0.4, -0.2) is 50.0 Å². The first-order valence-corrected chi connectivity index (χ1v) is 9.57. The fourth-order valence-corrected chi connectivity index (χ4v) is 6.11. The van der Waals surface area contributed by atoms with Gasteiger partial charge in [0.05, 0.1) is 11.5 Å². The average molecular weight is 302 g/mol. The van der Waals surface area contributed by atoms with E-state index in [0.717, 1.165) is 19.3 Å². The Bertz CT molecular complexity index is 460. The first-order chi connectivity index (χ1) is 9.12. The van der Waals surface area contributed by atoms with Gasteiger partial charge in [0.1, 0.15) is 0 Å². The topological polar surface area (TPSA) is 63.4 Å². The molecular weight excluding hydrogens is 272 g/mol. The molecule has 1 aliphatic carbocycles. The fourth-order valence-electron chi connectivity index (χ4n) is 4.34. The maximum atomic E-state index is 11.7. The molecule has 4 nitrogen and oxygen atoms in total. The Morgan fingerprint density at radius 3 is 2.40 bits per heavy atom. The van der Waals surface area contributed by atoms with Crippen LogP contribution in [0.15, 0.2) is 0 Å². The van der Waals surface area contributed by atoms with Gasteiger partial charge in [0.15, 0.2) is 9.84 Å². The second-order valence-electron chi connectivity index (χ2n) is 7.74. The quantitative estimate of drug-likeness (QED) is 0.861. The van der Waals surface area contributed by atoms with Gasteiger partial charge in [0.2, 0.25) is 0 Å². The predicted molar refractivity (Wildman–Crippen MR) is 83.4 cm³/mol. The van der Waals surface area contributed by atoms with Crippen molar-refractivity contribution in [1.29, 1.82) is 0 Å². The third-order valence-corrected chi connectivity index (χ3v) is 7.57. The van der Waals surface area contributed by atoms with Crippen molar-refractivity contribution in [3.63, 3.8) is 0 Å². The second-order valence-corrected chi connectivity index (χ2v) is 9.97. The van der Waals surface area contributed by atoms with Crippen LogP contribution in [0.2, 0.25) is 0 Å². The molecule has 5 heteroatoms. The van der Waals surface area contributed by atoms with E-state index in [1.54, 1.807) is 0 Å². The molecule has 3 unspecified atom stereocenters. The minimum absolute atomic E-state index is 0.0277. The van der Waals surface area contributed by atoms with Gasteiger partial charge >= 0.3 is 0 Å². The predicted octanol–water partition coefficient (Wildman–Crippen LogP) is 1.65. The zero-order chi connectivity index (χ0) is 15.2. The molecule has 2 fully saturated rings. The van der Waals surface area contributed by atoms with E-state index in [2.05, 4.69) is 32.7 Å². The van der Waals surface area contributed by atoms with Gasteiger partial charge in [-0.25, -0.2) is 8.42 Å². The highest BCUT2D eigenvalue weighted by Crippen LogP contribution is 2.46. The molecule has 20 heavy (non-hydrogen) atoms. The zero-order valence-corrected chi connectivity index (χ0v) is 14.2. The summed E-state index contributed by atoms with van der Waals surface area (Å²) >= 11 is 0. The first kappa shape index (κ1) is 16.2. The summed E-state index contributed by atoms with van der Waals surface area (Å²) in [5.74, 6) is 1.15. The van der Waals surface area contributed by atoms with Gasteiger partial charge in [-0.05, 0) is 44.1 Å². The van der Waals surface area contributed by atoms with Crippen molar-refractivity contribution in [2.45, 2.75) is 58.0 Å². The highest BCUT2D eigenvalue weighted by Gasteiger charge is 2.48. The molecule has 0 aromatic rings. The van der Waals surface area contributed by atoms with Crippen molar-refractivity contribution in [1.82, 2.24) is 4.90 Å². The van der Waals surface area contributed by atoms with E-state index < -0.39 is 9.84 Å². The van der Waals surface area contributed by atoms with Crippen LogP contribution < -0.4 is 5.73 Å². The smallest absolute Gasteiger partial charge is 0.151 e. The normalized spacial score (nSPS) is 40.1. The van der Waals surface area contributed by atoms with E-state index in [0.29, 0.717) is 29.4 Å². The van der Waals surface area contributed by atoms with E-state index in [1.807, 2.05) is 0 Å². The van der Waals surface area contributed by atoms with Crippen molar-refractivity contribution in [2.24, 2.45) is 17.1 Å². The number of sulfone groups is 1. The Kier molecular flexibility index (Phi) is 4.27. The molecule has 1 heterocycles. The van der Waals surface area contributed by atoms with E-state index >= 15 is 0 Å². The van der Waals surface area contributed by atoms with Crippen LogP contribution in [0.3, 0.4) is 0 Å². The van der Waals surface area contributed by atoms with Crippen LogP contribution in [0.5, 0.6) is 0 Å².